The molecule has 1 saturated heterocycles. The Morgan fingerprint density at radius 3 is 2.57 bits per heavy atom. The third kappa shape index (κ3) is 3.34. The molecule has 2 saturated carbocycles. The Bertz CT molecular complexity index is 512. The molecule has 0 unspecified atom stereocenters. The minimum Gasteiger partial charge on any atom is -0.389 e. The number of ether oxygens (including phenoxy) is 1. The Morgan fingerprint density at radius 1 is 1.26 bits per heavy atom. The van der Waals surface area contributed by atoms with Gasteiger partial charge in [0.1, 0.15) is 0 Å². The summed E-state index contributed by atoms with van der Waals surface area (Å²) in [5.74, 6) is 1.62. The predicted molar refractivity (Wildman–Crippen MR) is 98.7 cm³/mol. The van der Waals surface area contributed by atoms with Crippen molar-refractivity contribution in [2.24, 2.45) is 17.8 Å². The van der Waals surface area contributed by atoms with E-state index in [1.807, 2.05) is 6.92 Å². The zero-order valence-corrected chi connectivity index (χ0v) is 16.4. The normalized spacial score (nSPS) is 49.3. The molecule has 23 heavy (non-hydrogen) atoms. The highest BCUT2D eigenvalue weighted by molar-refractivity contribution is 9.09. The SMILES string of the molecule is C=C(C[C@@H]1[C@@H](C(=C)C)CC[C@]2(C)O[C@H]12)[C@@H]1CC[C@](C)(O)[C@H](Br)C1. The summed E-state index contributed by atoms with van der Waals surface area (Å²) in [5.41, 5.74) is 2.18. The predicted octanol–water partition coefficient (Wildman–Crippen LogP) is 5.01. The van der Waals surface area contributed by atoms with Crippen molar-refractivity contribution in [2.75, 3.05) is 0 Å². The van der Waals surface area contributed by atoms with Crippen LogP contribution in [-0.2, 0) is 4.74 Å². The van der Waals surface area contributed by atoms with Gasteiger partial charge in [0.15, 0.2) is 0 Å². The fraction of sp³-hybridized carbons (Fsp3) is 0.800. The molecule has 0 spiro atoms. The molecule has 0 aromatic rings. The number of halogens is 1. The highest BCUT2D eigenvalue weighted by Gasteiger charge is 2.60. The number of allylic oxidation sites excluding steroid dienone is 2. The molecule has 1 heterocycles. The molecule has 7 atom stereocenters. The molecule has 3 fully saturated rings. The second-order valence-corrected chi connectivity index (χ2v) is 9.77. The van der Waals surface area contributed by atoms with E-state index < -0.39 is 5.60 Å². The molecule has 130 valence electrons. The summed E-state index contributed by atoms with van der Waals surface area (Å²) < 4.78 is 6.07. The minimum atomic E-state index is -0.583. The van der Waals surface area contributed by atoms with E-state index in [0.29, 0.717) is 23.9 Å². The van der Waals surface area contributed by atoms with Gasteiger partial charge in [0, 0.05) is 4.83 Å². The summed E-state index contributed by atoms with van der Waals surface area (Å²) in [6, 6.07) is 0. The molecule has 2 nitrogen and oxygen atoms in total. The fourth-order valence-corrected chi connectivity index (χ4v) is 5.49. The van der Waals surface area contributed by atoms with Crippen molar-refractivity contribution in [1.82, 2.24) is 0 Å². The van der Waals surface area contributed by atoms with Crippen LogP contribution in [-0.4, -0.2) is 27.2 Å². The third-order valence-corrected chi connectivity index (χ3v) is 8.03. The summed E-state index contributed by atoms with van der Waals surface area (Å²) in [7, 11) is 0. The zero-order chi connectivity index (χ0) is 17.0. The minimum absolute atomic E-state index is 0.116. The second kappa shape index (κ2) is 6.00. The Balaban J connectivity index is 1.65. The Kier molecular flexibility index (Phi) is 4.61. The topological polar surface area (TPSA) is 32.8 Å². The van der Waals surface area contributed by atoms with Crippen LogP contribution in [0.5, 0.6) is 0 Å². The van der Waals surface area contributed by atoms with Crippen LogP contribution in [0.2, 0.25) is 0 Å². The van der Waals surface area contributed by atoms with E-state index in [-0.39, 0.29) is 10.4 Å². The highest BCUT2D eigenvalue weighted by atomic mass is 79.9. The largest absolute Gasteiger partial charge is 0.389 e. The summed E-state index contributed by atoms with van der Waals surface area (Å²) in [5, 5.41) is 10.4. The maximum atomic E-state index is 10.4. The van der Waals surface area contributed by atoms with Crippen LogP contribution in [0, 0.1) is 17.8 Å². The van der Waals surface area contributed by atoms with Crippen molar-refractivity contribution < 1.29 is 9.84 Å². The quantitative estimate of drug-likeness (QED) is 0.421. The zero-order valence-electron chi connectivity index (χ0n) is 14.8. The fourth-order valence-electron chi connectivity index (χ4n) is 4.81. The molecule has 0 radical (unpaired) electrons. The summed E-state index contributed by atoms with van der Waals surface area (Å²) in [6.07, 6.45) is 6.67. The van der Waals surface area contributed by atoms with Crippen molar-refractivity contribution in [3.8, 4) is 0 Å². The van der Waals surface area contributed by atoms with Gasteiger partial charge in [-0.1, -0.05) is 40.2 Å². The van der Waals surface area contributed by atoms with E-state index in [1.54, 1.807) is 0 Å². The average molecular weight is 383 g/mol. The van der Waals surface area contributed by atoms with Crippen LogP contribution in [0.15, 0.2) is 24.3 Å². The first-order valence-corrected chi connectivity index (χ1v) is 9.93. The second-order valence-electron chi connectivity index (χ2n) is 8.66. The number of alkyl halides is 1. The molecule has 1 aliphatic heterocycles. The Labute approximate surface area is 149 Å². The van der Waals surface area contributed by atoms with E-state index in [1.165, 1.54) is 17.6 Å². The monoisotopic (exact) mass is 382 g/mol. The van der Waals surface area contributed by atoms with Gasteiger partial charge in [0.25, 0.3) is 0 Å². The maximum absolute atomic E-state index is 10.4. The summed E-state index contributed by atoms with van der Waals surface area (Å²) >= 11 is 3.68. The number of fused-ring (bicyclic) bond motifs is 1. The van der Waals surface area contributed by atoms with Crippen LogP contribution in [0.4, 0.5) is 0 Å². The van der Waals surface area contributed by atoms with E-state index in [0.717, 1.165) is 32.1 Å². The van der Waals surface area contributed by atoms with E-state index in [9.17, 15) is 5.11 Å². The maximum Gasteiger partial charge on any atom is 0.0923 e. The van der Waals surface area contributed by atoms with Gasteiger partial charge in [0.05, 0.1) is 17.3 Å². The van der Waals surface area contributed by atoms with Crippen LogP contribution >= 0.6 is 15.9 Å². The first-order chi connectivity index (χ1) is 10.6. The van der Waals surface area contributed by atoms with Crippen molar-refractivity contribution in [3.63, 3.8) is 0 Å². The molecule has 3 heteroatoms. The van der Waals surface area contributed by atoms with E-state index >= 15 is 0 Å². The number of epoxide rings is 1. The van der Waals surface area contributed by atoms with Crippen molar-refractivity contribution in [2.45, 2.75) is 81.4 Å². The molecule has 3 aliphatic rings. The lowest BCUT2D eigenvalue weighted by Crippen LogP contribution is -2.41. The van der Waals surface area contributed by atoms with Crippen LogP contribution < -0.4 is 0 Å². The van der Waals surface area contributed by atoms with Crippen molar-refractivity contribution in [3.05, 3.63) is 24.3 Å². The van der Waals surface area contributed by atoms with Gasteiger partial charge < -0.3 is 9.84 Å². The first-order valence-electron chi connectivity index (χ1n) is 9.01. The molecule has 0 aromatic carbocycles. The highest BCUT2D eigenvalue weighted by Crippen LogP contribution is 2.56. The van der Waals surface area contributed by atoms with Crippen molar-refractivity contribution >= 4 is 15.9 Å². The summed E-state index contributed by atoms with van der Waals surface area (Å²) in [6.45, 7) is 15.0. The van der Waals surface area contributed by atoms with Gasteiger partial charge >= 0.3 is 0 Å². The first kappa shape index (κ1) is 17.7. The molecule has 3 rings (SSSR count). The number of hydrogen-bond donors (Lipinski definition) is 1. The number of hydrogen-bond acceptors (Lipinski definition) is 2. The lowest BCUT2D eigenvalue weighted by Gasteiger charge is -2.40. The lowest BCUT2D eigenvalue weighted by atomic mass is 9.67. The Hall–Kier alpha value is -0.120. The number of aliphatic hydroxyl groups is 1. The molecule has 0 aromatic heterocycles. The smallest absolute Gasteiger partial charge is 0.0923 e. The number of rotatable bonds is 4. The van der Waals surface area contributed by atoms with Crippen LogP contribution in [0.25, 0.3) is 0 Å². The molecule has 0 bridgehead atoms. The van der Waals surface area contributed by atoms with Crippen LogP contribution in [0.1, 0.15) is 59.3 Å². The van der Waals surface area contributed by atoms with E-state index in [2.05, 4.69) is 42.9 Å². The van der Waals surface area contributed by atoms with Gasteiger partial charge in [-0.15, -0.1) is 0 Å². The standard InChI is InChI=1S/C20H31BrO2/c1-12(2)15-7-9-20(5)18(23-20)16(15)10-13(3)14-6-8-19(4,22)17(21)11-14/h14-18,22H,1,3,6-11H2,2,4-5H3/t14-,15-,16-,17-,18-,19+,20+/m1/s1. The van der Waals surface area contributed by atoms with Gasteiger partial charge in [-0.2, -0.15) is 0 Å². The lowest BCUT2D eigenvalue weighted by molar-refractivity contribution is 0.0207. The van der Waals surface area contributed by atoms with Crippen molar-refractivity contribution in [1.29, 1.82) is 0 Å². The molecular formula is C20H31BrO2. The van der Waals surface area contributed by atoms with E-state index in [4.69, 9.17) is 4.74 Å². The summed E-state index contributed by atoms with van der Waals surface area (Å²) in [4.78, 5) is 0.163. The van der Waals surface area contributed by atoms with Gasteiger partial charge in [-0.3, -0.25) is 0 Å². The molecule has 0 amide bonds. The molecule has 1 N–H and O–H groups in total. The van der Waals surface area contributed by atoms with Gasteiger partial charge in [0.2, 0.25) is 0 Å². The molecule has 2 aliphatic carbocycles. The Morgan fingerprint density at radius 2 is 1.96 bits per heavy atom. The average Bonchev–Trinajstić information content (AvgIpc) is 3.14. The van der Waals surface area contributed by atoms with Gasteiger partial charge in [-0.25, -0.2) is 0 Å². The third-order valence-electron chi connectivity index (χ3n) is 6.67. The van der Waals surface area contributed by atoms with Gasteiger partial charge in [-0.05, 0) is 77.0 Å². The molecular weight excluding hydrogens is 352 g/mol. The van der Waals surface area contributed by atoms with Crippen LogP contribution in [0.3, 0.4) is 0 Å².